The fraction of sp³-hybridized carbons (Fsp3) is 0.276. The Balaban J connectivity index is 0.000000654. The Morgan fingerprint density at radius 1 is 0.938 bits per heavy atom. The number of benzene rings is 3. The summed E-state index contributed by atoms with van der Waals surface area (Å²) in [7, 11) is 0. The lowest BCUT2D eigenvalue weighted by Crippen LogP contribution is -2.24. The van der Waals surface area contributed by atoms with E-state index in [1.807, 2.05) is 44.2 Å². The third-order valence-electron chi connectivity index (χ3n) is 4.95. The second kappa shape index (κ2) is 13.2. The van der Waals surface area contributed by atoms with E-state index in [4.69, 9.17) is 10.7 Å². The topological polar surface area (TPSA) is 50.4 Å². The number of unbranched alkanes of at least 4 members (excludes halogenated alkanes) is 2. The van der Waals surface area contributed by atoms with E-state index < -0.39 is 0 Å². The summed E-state index contributed by atoms with van der Waals surface area (Å²) in [5.74, 6) is 0.725. The van der Waals surface area contributed by atoms with Crippen molar-refractivity contribution in [3.8, 4) is 0 Å². The minimum atomic E-state index is 0.556. The molecule has 0 atom stereocenters. The van der Waals surface area contributed by atoms with Gasteiger partial charge in [-0.05, 0) is 48.4 Å². The number of nitrogens with one attached hydrogen (secondary N) is 1. The number of fused-ring (bicyclic) bond motifs is 1. The molecule has 168 valence electrons. The van der Waals surface area contributed by atoms with Crippen molar-refractivity contribution in [2.75, 3.05) is 5.73 Å². The maximum Gasteiger partial charge on any atom is 0.135 e. The van der Waals surface area contributed by atoms with Crippen LogP contribution >= 0.6 is 0 Å². The van der Waals surface area contributed by atoms with Crippen LogP contribution in [0, 0.1) is 0 Å². The number of para-hydroxylation sites is 1. The molecule has 0 heterocycles. The zero-order valence-electron chi connectivity index (χ0n) is 20.0. The highest BCUT2D eigenvalue weighted by molar-refractivity contribution is 6.04. The maximum absolute atomic E-state index is 6.19. The molecule has 0 aliphatic carbocycles. The number of nitrogens with zero attached hydrogens (tertiary/aromatic N) is 1. The Morgan fingerprint density at radius 3 is 2.25 bits per heavy atom. The number of anilines is 1. The van der Waals surface area contributed by atoms with Gasteiger partial charge in [0.05, 0.1) is 6.54 Å². The van der Waals surface area contributed by atoms with Gasteiger partial charge in [0.15, 0.2) is 0 Å². The molecule has 0 aromatic heterocycles. The van der Waals surface area contributed by atoms with E-state index >= 15 is 0 Å². The van der Waals surface area contributed by atoms with Crippen LogP contribution in [0.1, 0.15) is 58.1 Å². The second-order valence-electron chi connectivity index (χ2n) is 8.12. The van der Waals surface area contributed by atoms with E-state index in [0.29, 0.717) is 12.2 Å². The molecule has 3 aromatic carbocycles. The third kappa shape index (κ3) is 7.73. The number of nitrogen functional groups attached to an aromatic ring is 1. The Labute approximate surface area is 193 Å². The minimum absolute atomic E-state index is 0.556. The maximum atomic E-state index is 6.19. The van der Waals surface area contributed by atoms with E-state index in [1.165, 1.54) is 41.2 Å². The zero-order chi connectivity index (χ0) is 23.3. The average Bonchev–Trinajstić information content (AvgIpc) is 2.77. The molecule has 0 unspecified atom stereocenters. The van der Waals surface area contributed by atoms with Gasteiger partial charge in [-0.15, -0.1) is 0 Å². The van der Waals surface area contributed by atoms with Crippen LogP contribution in [-0.4, -0.2) is 5.84 Å². The van der Waals surface area contributed by atoms with Crippen molar-refractivity contribution < 1.29 is 0 Å². The van der Waals surface area contributed by atoms with E-state index in [1.54, 1.807) is 0 Å². The Hall–Kier alpha value is -3.33. The van der Waals surface area contributed by atoms with Crippen molar-refractivity contribution in [2.24, 2.45) is 4.99 Å². The second-order valence-corrected chi connectivity index (χ2v) is 8.12. The molecule has 0 saturated carbocycles. The highest BCUT2D eigenvalue weighted by atomic mass is 15.0. The van der Waals surface area contributed by atoms with E-state index in [-0.39, 0.29) is 0 Å². The molecule has 0 bridgehead atoms. The summed E-state index contributed by atoms with van der Waals surface area (Å²) in [6, 6.07) is 22.4. The Morgan fingerprint density at radius 2 is 1.59 bits per heavy atom. The molecule has 0 aliphatic heterocycles. The number of hydrogen-bond donors (Lipinski definition) is 2. The van der Waals surface area contributed by atoms with Gasteiger partial charge < -0.3 is 11.1 Å². The van der Waals surface area contributed by atoms with Crippen LogP contribution in [0.15, 0.2) is 95.6 Å². The lowest BCUT2D eigenvalue weighted by atomic mass is 10.0. The Kier molecular flexibility index (Phi) is 10.3. The summed E-state index contributed by atoms with van der Waals surface area (Å²) in [5, 5.41) is 5.75. The fourth-order valence-electron chi connectivity index (χ4n) is 3.39. The van der Waals surface area contributed by atoms with Crippen molar-refractivity contribution in [3.63, 3.8) is 0 Å². The van der Waals surface area contributed by atoms with E-state index in [9.17, 15) is 0 Å². The molecule has 0 saturated heterocycles. The molecule has 3 rings (SSSR count). The predicted molar refractivity (Wildman–Crippen MR) is 142 cm³/mol. The first-order valence-electron chi connectivity index (χ1n) is 11.4. The van der Waals surface area contributed by atoms with Gasteiger partial charge in [-0.1, -0.05) is 99.9 Å². The van der Waals surface area contributed by atoms with E-state index in [0.717, 1.165) is 17.1 Å². The van der Waals surface area contributed by atoms with Crippen LogP contribution in [0.3, 0.4) is 0 Å². The number of aliphatic imine (C=N–C) groups is 1. The molecule has 3 aromatic rings. The number of rotatable bonds is 7. The van der Waals surface area contributed by atoms with E-state index in [2.05, 4.69) is 68.2 Å². The molecule has 0 fully saturated rings. The van der Waals surface area contributed by atoms with Gasteiger partial charge in [-0.25, -0.2) is 0 Å². The summed E-state index contributed by atoms with van der Waals surface area (Å²) in [6.45, 7) is 13.1. The van der Waals surface area contributed by atoms with Crippen molar-refractivity contribution in [1.82, 2.24) is 5.32 Å². The van der Waals surface area contributed by atoms with Gasteiger partial charge in [0.1, 0.15) is 5.84 Å². The van der Waals surface area contributed by atoms with Gasteiger partial charge in [-0.2, -0.15) is 0 Å². The normalized spacial score (nSPS) is 10.8. The lowest BCUT2D eigenvalue weighted by molar-refractivity contribution is 0.772. The minimum Gasteiger partial charge on any atom is -0.398 e. The summed E-state index contributed by atoms with van der Waals surface area (Å²) >= 11 is 0. The van der Waals surface area contributed by atoms with Crippen LogP contribution < -0.4 is 11.1 Å². The third-order valence-corrected chi connectivity index (χ3v) is 4.95. The molecule has 0 radical (unpaired) electrons. The largest absolute Gasteiger partial charge is 0.398 e. The molecular weight excluding hydrogens is 390 g/mol. The van der Waals surface area contributed by atoms with Crippen LogP contribution in [0.4, 0.5) is 5.69 Å². The van der Waals surface area contributed by atoms with Gasteiger partial charge >= 0.3 is 0 Å². The van der Waals surface area contributed by atoms with Gasteiger partial charge in [0.25, 0.3) is 0 Å². The molecule has 32 heavy (non-hydrogen) atoms. The molecular formula is C29H37N3. The highest BCUT2D eigenvalue weighted by Crippen LogP contribution is 2.20. The molecule has 0 spiro atoms. The average molecular weight is 428 g/mol. The molecule has 0 amide bonds. The molecule has 3 N–H and O–H groups in total. The van der Waals surface area contributed by atoms with Crippen LogP contribution in [-0.2, 0) is 6.54 Å². The van der Waals surface area contributed by atoms with Crippen molar-refractivity contribution in [1.29, 1.82) is 0 Å². The van der Waals surface area contributed by atoms with Crippen LogP contribution in [0.25, 0.3) is 10.8 Å². The van der Waals surface area contributed by atoms with Crippen molar-refractivity contribution in [2.45, 2.75) is 53.5 Å². The Bertz CT molecular complexity index is 1070. The molecule has 3 heteroatoms. The fourth-order valence-corrected chi connectivity index (χ4v) is 3.39. The highest BCUT2D eigenvalue weighted by Gasteiger charge is 2.08. The number of hydrogen-bond acceptors (Lipinski definition) is 2. The van der Waals surface area contributed by atoms with Crippen molar-refractivity contribution >= 4 is 22.3 Å². The van der Waals surface area contributed by atoms with Crippen LogP contribution in [0.5, 0.6) is 0 Å². The summed E-state index contributed by atoms with van der Waals surface area (Å²) in [4.78, 5) is 4.86. The van der Waals surface area contributed by atoms with Gasteiger partial charge in [0.2, 0.25) is 0 Å². The monoisotopic (exact) mass is 427 g/mol. The summed E-state index contributed by atoms with van der Waals surface area (Å²) in [5.41, 5.74) is 10.9. The summed E-state index contributed by atoms with van der Waals surface area (Å²) < 4.78 is 0. The number of amidine groups is 1. The smallest absolute Gasteiger partial charge is 0.135 e. The predicted octanol–water partition coefficient (Wildman–Crippen LogP) is 7.63. The first kappa shape index (κ1) is 24.9. The van der Waals surface area contributed by atoms with Gasteiger partial charge in [-0.3, -0.25) is 4.99 Å². The standard InChI is InChI=1S/C24H25N3.C5H12/c1-17(2)15-18(3)27-24(22-13-6-7-14-23(22)25)26-16-20-11-8-10-19-9-4-5-12-21(19)20;1-3-5-4-2/h4-15H,3,16,25H2,1-2H3,(H,26,27);3-5H2,1-2H3. The number of allylic oxidation sites excluding steroid dienone is 2. The lowest BCUT2D eigenvalue weighted by Gasteiger charge is -2.13. The quantitative estimate of drug-likeness (QED) is 0.176. The first-order valence-corrected chi connectivity index (χ1v) is 11.4. The van der Waals surface area contributed by atoms with Crippen molar-refractivity contribution in [3.05, 3.63) is 102 Å². The van der Waals surface area contributed by atoms with Gasteiger partial charge in [0, 0.05) is 16.9 Å². The SMILES string of the molecule is C=C(C=C(C)C)NC(=NCc1cccc2ccccc12)c1ccccc1N.CCCCC. The first-order chi connectivity index (χ1) is 15.5. The number of nitrogens with two attached hydrogens (primary N) is 1. The zero-order valence-corrected chi connectivity index (χ0v) is 20.0. The van der Waals surface area contributed by atoms with Crippen LogP contribution in [0.2, 0.25) is 0 Å². The molecule has 0 aliphatic rings. The summed E-state index contributed by atoms with van der Waals surface area (Å²) in [6.07, 6.45) is 6.07. The molecule has 3 nitrogen and oxygen atoms in total.